The number of imidazole rings is 1. The van der Waals surface area contributed by atoms with Crippen LogP contribution in [-0.4, -0.2) is 39.4 Å². The van der Waals surface area contributed by atoms with Crippen LogP contribution in [0.5, 0.6) is 0 Å². The molecule has 108 valence electrons. The first-order valence-corrected chi connectivity index (χ1v) is 7.26. The molecule has 0 unspecified atom stereocenters. The van der Waals surface area contributed by atoms with Gasteiger partial charge in [-0.15, -0.1) is 11.3 Å². The summed E-state index contributed by atoms with van der Waals surface area (Å²) in [7, 11) is 1.81. The van der Waals surface area contributed by atoms with Gasteiger partial charge in [-0.3, -0.25) is 4.79 Å². The zero-order chi connectivity index (χ0) is 14.7. The fourth-order valence-corrected chi connectivity index (χ4v) is 2.63. The van der Waals surface area contributed by atoms with E-state index in [4.69, 9.17) is 0 Å². The van der Waals surface area contributed by atoms with Crippen molar-refractivity contribution in [2.24, 2.45) is 0 Å². The quantitative estimate of drug-likeness (QED) is 0.738. The Labute approximate surface area is 125 Å². The van der Waals surface area contributed by atoms with Crippen LogP contribution in [0.2, 0.25) is 0 Å². The number of amides is 1. The van der Waals surface area contributed by atoms with E-state index >= 15 is 0 Å². The maximum absolute atomic E-state index is 12.0. The number of aromatic amines is 1. The minimum atomic E-state index is -0.0582. The molecule has 1 amide bonds. The van der Waals surface area contributed by atoms with Crippen molar-refractivity contribution in [3.63, 3.8) is 0 Å². The van der Waals surface area contributed by atoms with Gasteiger partial charge in [-0.25, -0.2) is 15.0 Å². The molecule has 0 fully saturated rings. The number of fused-ring (bicyclic) bond motifs is 1. The van der Waals surface area contributed by atoms with Crippen LogP contribution in [0.4, 0.5) is 5.82 Å². The van der Waals surface area contributed by atoms with E-state index in [-0.39, 0.29) is 12.5 Å². The van der Waals surface area contributed by atoms with E-state index < -0.39 is 0 Å². The Morgan fingerprint density at radius 3 is 3.14 bits per heavy atom. The van der Waals surface area contributed by atoms with E-state index in [2.05, 4.69) is 25.3 Å². The van der Waals surface area contributed by atoms with Crippen molar-refractivity contribution < 1.29 is 4.79 Å². The summed E-state index contributed by atoms with van der Waals surface area (Å²) < 4.78 is 0. The maximum atomic E-state index is 12.0. The third-order valence-corrected chi connectivity index (χ3v) is 3.86. The number of H-pyrrole nitrogens is 1. The highest BCUT2D eigenvalue weighted by Gasteiger charge is 2.13. The summed E-state index contributed by atoms with van der Waals surface area (Å²) in [5.74, 6) is 0.598. The number of hydrogen-bond acceptors (Lipinski definition) is 6. The molecule has 0 radical (unpaired) electrons. The summed E-state index contributed by atoms with van der Waals surface area (Å²) in [5, 5.41) is 4.88. The second-order valence-corrected chi connectivity index (χ2v) is 5.54. The van der Waals surface area contributed by atoms with Gasteiger partial charge in [0, 0.05) is 11.9 Å². The Morgan fingerprint density at radius 1 is 1.43 bits per heavy atom. The first-order valence-electron chi connectivity index (χ1n) is 6.38. The number of nitrogens with zero attached hydrogens (tertiary/aromatic N) is 4. The Kier molecular flexibility index (Phi) is 3.78. The number of carbonyl (C=O) groups excluding carboxylic acids is 1. The zero-order valence-electron chi connectivity index (χ0n) is 11.4. The van der Waals surface area contributed by atoms with Crippen molar-refractivity contribution in [2.75, 3.05) is 18.5 Å². The molecular formula is C13H14N6OS. The number of anilines is 1. The minimum absolute atomic E-state index is 0.0582. The lowest BCUT2D eigenvalue weighted by molar-refractivity contribution is -0.119. The monoisotopic (exact) mass is 302 g/mol. The van der Waals surface area contributed by atoms with Crippen molar-refractivity contribution in [1.82, 2.24) is 25.3 Å². The molecule has 8 heteroatoms. The molecule has 0 aliphatic carbocycles. The average molecular weight is 302 g/mol. The lowest BCUT2D eigenvalue weighted by Crippen LogP contribution is -2.35. The molecular weight excluding hydrogens is 288 g/mol. The van der Waals surface area contributed by atoms with Crippen LogP contribution in [0.3, 0.4) is 0 Å². The van der Waals surface area contributed by atoms with E-state index in [1.807, 2.05) is 24.6 Å². The summed E-state index contributed by atoms with van der Waals surface area (Å²) >= 11 is 1.62. The smallest absolute Gasteiger partial charge is 0.239 e. The molecule has 2 N–H and O–H groups in total. The second kappa shape index (κ2) is 5.88. The van der Waals surface area contributed by atoms with E-state index in [0.29, 0.717) is 18.0 Å². The molecule has 0 aromatic carbocycles. The fraction of sp³-hybridized carbons (Fsp3) is 0.231. The second-order valence-electron chi connectivity index (χ2n) is 4.51. The van der Waals surface area contributed by atoms with E-state index in [1.165, 1.54) is 6.33 Å². The molecule has 0 aliphatic rings. The Balaban J connectivity index is 1.64. The number of aromatic nitrogens is 4. The zero-order valence-corrected chi connectivity index (χ0v) is 12.2. The molecule has 0 spiro atoms. The van der Waals surface area contributed by atoms with Crippen LogP contribution in [0.15, 0.2) is 30.2 Å². The van der Waals surface area contributed by atoms with Crippen LogP contribution >= 0.6 is 11.3 Å². The van der Waals surface area contributed by atoms with Gasteiger partial charge in [0.25, 0.3) is 0 Å². The van der Waals surface area contributed by atoms with Gasteiger partial charge in [0.15, 0.2) is 11.5 Å². The molecule has 3 rings (SSSR count). The van der Waals surface area contributed by atoms with Gasteiger partial charge in [0.2, 0.25) is 5.91 Å². The molecule has 0 atom stereocenters. The van der Waals surface area contributed by atoms with Crippen LogP contribution in [0.25, 0.3) is 11.2 Å². The number of carbonyl (C=O) groups is 1. The Hall–Kier alpha value is -2.48. The van der Waals surface area contributed by atoms with E-state index in [9.17, 15) is 4.79 Å². The van der Waals surface area contributed by atoms with Gasteiger partial charge >= 0.3 is 0 Å². The van der Waals surface area contributed by atoms with Crippen LogP contribution in [-0.2, 0) is 11.3 Å². The largest absolute Gasteiger partial charge is 0.350 e. The first kappa shape index (κ1) is 13.5. The SMILES string of the molecule is CN(CC(=O)NCc1cccs1)c1ncnc2nc[nH]c12. The number of likely N-dealkylation sites (N-methyl/N-ethyl adjacent to an activating group) is 1. The lowest BCUT2D eigenvalue weighted by Gasteiger charge is -2.17. The summed E-state index contributed by atoms with van der Waals surface area (Å²) in [6.07, 6.45) is 3.01. The van der Waals surface area contributed by atoms with E-state index in [0.717, 1.165) is 10.4 Å². The predicted octanol–water partition coefficient (Wildman–Crippen LogP) is 1.17. The lowest BCUT2D eigenvalue weighted by atomic mass is 10.4. The van der Waals surface area contributed by atoms with Crippen LogP contribution < -0.4 is 10.2 Å². The summed E-state index contributed by atoms with van der Waals surface area (Å²) in [6.45, 7) is 0.768. The molecule has 21 heavy (non-hydrogen) atoms. The van der Waals surface area contributed by atoms with Crippen molar-refractivity contribution in [3.8, 4) is 0 Å². The van der Waals surface area contributed by atoms with Gasteiger partial charge in [0.1, 0.15) is 11.8 Å². The highest BCUT2D eigenvalue weighted by molar-refractivity contribution is 7.09. The maximum Gasteiger partial charge on any atom is 0.239 e. The molecule has 0 saturated heterocycles. The minimum Gasteiger partial charge on any atom is -0.350 e. The number of hydrogen-bond donors (Lipinski definition) is 2. The third-order valence-electron chi connectivity index (χ3n) is 2.99. The van der Waals surface area contributed by atoms with Crippen molar-refractivity contribution in [3.05, 3.63) is 35.0 Å². The van der Waals surface area contributed by atoms with Gasteiger partial charge in [0.05, 0.1) is 19.4 Å². The summed E-state index contributed by atoms with van der Waals surface area (Å²) in [5.41, 5.74) is 1.32. The number of rotatable bonds is 5. The molecule has 3 aromatic rings. The van der Waals surface area contributed by atoms with E-state index in [1.54, 1.807) is 22.6 Å². The average Bonchev–Trinajstić information content (AvgIpc) is 3.15. The standard InChI is InChI=1S/C13H14N6OS/c1-19(6-10(20)14-5-9-3-2-4-21-9)13-11-12(16-7-15-11)17-8-18-13/h2-4,7-8H,5-6H2,1H3,(H,14,20)(H,15,16,17,18). The number of nitrogens with one attached hydrogen (secondary N) is 2. The normalized spacial score (nSPS) is 10.7. The van der Waals surface area contributed by atoms with Crippen LogP contribution in [0.1, 0.15) is 4.88 Å². The molecule has 0 aliphatic heterocycles. The third kappa shape index (κ3) is 3.00. The van der Waals surface area contributed by atoms with Gasteiger partial charge in [-0.2, -0.15) is 0 Å². The Bertz CT molecular complexity index is 738. The Morgan fingerprint density at radius 2 is 2.33 bits per heavy atom. The molecule has 3 heterocycles. The van der Waals surface area contributed by atoms with Gasteiger partial charge < -0.3 is 15.2 Å². The molecule has 3 aromatic heterocycles. The highest BCUT2D eigenvalue weighted by Crippen LogP contribution is 2.17. The van der Waals surface area contributed by atoms with Gasteiger partial charge in [-0.05, 0) is 11.4 Å². The number of thiophene rings is 1. The topological polar surface area (TPSA) is 86.8 Å². The molecule has 7 nitrogen and oxygen atoms in total. The first-order chi connectivity index (χ1) is 10.2. The highest BCUT2D eigenvalue weighted by atomic mass is 32.1. The van der Waals surface area contributed by atoms with Crippen LogP contribution in [0, 0.1) is 0 Å². The van der Waals surface area contributed by atoms with Crippen molar-refractivity contribution in [2.45, 2.75) is 6.54 Å². The summed E-state index contributed by atoms with van der Waals surface area (Å²) in [6, 6.07) is 3.96. The molecule has 0 saturated carbocycles. The molecule has 0 bridgehead atoms. The van der Waals surface area contributed by atoms with Crippen molar-refractivity contribution >= 4 is 34.2 Å². The predicted molar refractivity (Wildman–Crippen MR) is 81.1 cm³/mol. The fourth-order valence-electron chi connectivity index (χ4n) is 1.99. The summed E-state index contributed by atoms with van der Waals surface area (Å²) in [4.78, 5) is 30.2. The van der Waals surface area contributed by atoms with Gasteiger partial charge in [-0.1, -0.05) is 6.07 Å². The van der Waals surface area contributed by atoms with Crippen molar-refractivity contribution in [1.29, 1.82) is 0 Å².